The molecule has 38 heavy (non-hydrogen) atoms. The van der Waals surface area contributed by atoms with E-state index in [-0.39, 0.29) is 17.9 Å². The van der Waals surface area contributed by atoms with Crippen LogP contribution in [0, 0.1) is 17.8 Å². The molecule has 1 aromatic heterocycles. The van der Waals surface area contributed by atoms with Crippen LogP contribution in [-0.2, 0) is 18.4 Å². The molecule has 3 amide bonds. The highest BCUT2D eigenvalue weighted by molar-refractivity contribution is 6.31. The van der Waals surface area contributed by atoms with Crippen LogP contribution in [0.25, 0.3) is 0 Å². The van der Waals surface area contributed by atoms with Crippen molar-refractivity contribution in [2.45, 2.75) is 46.1 Å². The van der Waals surface area contributed by atoms with Crippen LogP contribution in [0.2, 0.25) is 5.02 Å². The van der Waals surface area contributed by atoms with Crippen molar-refractivity contribution in [3.05, 3.63) is 35.0 Å². The Morgan fingerprint density at radius 3 is 2.58 bits per heavy atom. The Morgan fingerprint density at radius 2 is 1.87 bits per heavy atom. The van der Waals surface area contributed by atoms with Crippen LogP contribution in [0.4, 0.5) is 22.0 Å². The van der Waals surface area contributed by atoms with Crippen molar-refractivity contribution in [2.75, 3.05) is 49.5 Å². The van der Waals surface area contributed by atoms with Gasteiger partial charge in [0, 0.05) is 62.8 Å². The molecule has 2 aliphatic heterocycles. The van der Waals surface area contributed by atoms with Gasteiger partial charge in [0.1, 0.15) is 5.82 Å². The zero-order valence-corrected chi connectivity index (χ0v) is 23.5. The molecule has 1 aliphatic carbocycles. The van der Waals surface area contributed by atoms with Crippen LogP contribution in [-0.4, -0.2) is 70.8 Å². The molecule has 1 aromatic carbocycles. The summed E-state index contributed by atoms with van der Waals surface area (Å²) in [5.41, 5.74) is 2.64. The molecule has 0 spiro atoms. The number of benzene rings is 1. The first-order valence-electron chi connectivity index (χ1n) is 13.9. The average Bonchev–Trinajstić information content (AvgIpc) is 3.15. The van der Waals surface area contributed by atoms with Crippen LogP contribution in [0.15, 0.2) is 24.4 Å². The van der Waals surface area contributed by atoms with E-state index in [1.807, 2.05) is 41.2 Å². The molecule has 10 heteroatoms. The summed E-state index contributed by atoms with van der Waals surface area (Å²) in [6.45, 7) is 10.2. The first-order valence-corrected chi connectivity index (χ1v) is 14.3. The second-order valence-corrected chi connectivity index (χ2v) is 11.9. The second-order valence-electron chi connectivity index (χ2n) is 11.4. The topological polar surface area (TPSA) is 85.7 Å². The number of hydrogen-bond donors (Lipinski definition) is 2. The lowest BCUT2D eigenvalue weighted by Crippen LogP contribution is -2.52. The molecule has 0 unspecified atom stereocenters. The molecule has 2 N–H and O–H groups in total. The van der Waals surface area contributed by atoms with Crippen molar-refractivity contribution in [3.63, 3.8) is 0 Å². The molecular formula is C28H40ClN7O2. The zero-order chi connectivity index (χ0) is 26.8. The third kappa shape index (κ3) is 5.94. The lowest BCUT2D eigenvalue weighted by Gasteiger charge is -2.36. The molecule has 2 fully saturated rings. The Hall–Kier alpha value is -2.78. The van der Waals surface area contributed by atoms with E-state index < -0.39 is 0 Å². The summed E-state index contributed by atoms with van der Waals surface area (Å²) < 4.78 is 1.79. The van der Waals surface area contributed by atoms with Crippen LogP contribution >= 0.6 is 11.6 Å². The number of nitrogens with zero attached hydrogens (tertiary/aromatic N) is 5. The third-order valence-corrected chi connectivity index (χ3v) is 8.37. The minimum absolute atomic E-state index is 0.0299. The summed E-state index contributed by atoms with van der Waals surface area (Å²) in [5.74, 6) is 2.05. The average molecular weight is 542 g/mol. The first kappa shape index (κ1) is 26.8. The van der Waals surface area contributed by atoms with Gasteiger partial charge in [-0.25, -0.2) is 4.79 Å². The van der Waals surface area contributed by atoms with Crippen molar-refractivity contribution in [2.24, 2.45) is 24.8 Å². The van der Waals surface area contributed by atoms with E-state index in [9.17, 15) is 9.59 Å². The number of carbonyl (C=O) groups is 2. The lowest BCUT2D eigenvalue weighted by atomic mass is 9.81. The number of urea groups is 1. The maximum absolute atomic E-state index is 13.8. The highest BCUT2D eigenvalue weighted by Crippen LogP contribution is 2.39. The molecule has 206 valence electrons. The Morgan fingerprint density at radius 1 is 1.13 bits per heavy atom. The number of hydrogen-bond acceptors (Lipinski definition) is 5. The monoisotopic (exact) mass is 541 g/mol. The van der Waals surface area contributed by atoms with E-state index in [2.05, 4.69) is 34.5 Å². The minimum atomic E-state index is -0.0299. The maximum Gasteiger partial charge on any atom is 0.317 e. The first-order chi connectivity index (χ1) is 18.3. The third-order valence-electron chi connectivity index (χ3n) is 8.13. The Labute approximate surface area is 230 Å². The highest BCUT2D eigenvalue weighted by Gasteiger charge is 2.33. The molecule has 3 heterocycles. The van der Waals surface area contributed by atoms with Crippen molar-refractivity contribution >= 4 is 40.7 Å². The summed E-state index contributed by atoms with van der Waals surface area (Å²) in [5, 5.41) is 11.6. The normalized spacial score (nSPS) is 21.9. The molecule has 0 radical (unpaired) electrons. The van der Waals surface area contributed by atoms with Gasteiger partial charge in [-0.1, -0.05) is 25.4 Å². The molecule has 0 atom stereocenters. The van der Waals surface area contributed by atoms with Crippen molar-refractivity contribution in [1.29, 1.82) is 0 Å². The number of rotatable bonds is 5. The number of carbonyl (C=O) groups excluding carboxylic acids is 2. The predicted octanol–water partition coefficient (Wildman–Crippen LogP) is 4.45. The summed E-state index contributed by atoms with van der Waals surface area (Å²) in [7, 11) is 1.89. The number of aromatic nitrogens is 2. The minimum Gasteiger partial charge on any atom is -0.338 e. The fraction of sp³-hybridized carbons (Fsp3) is 0.607. The standard InChI is InChI=1S/C28H40ClN7O2/c1-19(2)17-34-10-12-35(13-11-34)28(38)30-15-20-4-6-21(7-5-20)27(37)36-18-22-16-31-33(3)26(22)32-24-14-23(29)8-9-25(24)36/h8-9,14,16,19-21,32H,4-7,10-13,15,17-18H2,1-3H3,(H,30,38). The van der Waals surface area contributed by atoms with Gasteiger partial charge in [-0.2, -0.15) is 5.10 Å². The van der Waals surface area contributed by atoms with Gasteiger partial charge in [0.2, 0.25) is 5.91 Å². The summed E-state index contributed by atoms with van der Waals surface area (Å²) >= 11 is 6.29. The summed E-state index contributed by atoms with van der Waals surface area (Å²) in [6.07, 6.45) is 5.37. The van der Waals surface area contributed by atoms with E-state index >= 15 is 0 Å². The van der Waals surface area contributed by atoms with E-state index in [0.717, 1.165) is 81.2 Å². The van der Waals surface area contributed by atoms with E-state index in [1.54, 1.807) is 4.68 Å². The van der Waals surface area contributed by atoms with E-state index in [0.29, 0.717) is 29.9 Å². The van der Waals surface area contributed by atoms with Crippen LogP contribution in [0.1, 0.15) is 45.1 Å². The van der Waals surface area contributed by atoms with Crippen LogP contribution in [0.3, 0.4) is 0 Å². The Kier molecular flexibility index (Phi) is 8.14. The van der Waals surface area contributed by atoms with E-state index in [4.69, 9.17) is 11.6 Å². The molecule has 1 saturated heterocycles. The number of fused-ring (bicyclic) bond motifs is 2. The number of halogens is 1. The molecule has 9 nitrogen and oxygen atoms in total. The molecule has 0 bridgehead atoms. The molecule has 5 rings (SSSR count). The van der Waals surface area contributed by atoms with Gasteiger partial charge >= 0.3 is 6.03 Å². The van der Waals surface area contributed by atoms with E-state index in [1.165, 1.54) is 0 Å². The maximum atomic E-state index is 13.8. The van der Waals surface area contributed by atoms with Gasteiger partial charge in [-0.05, 0) is 55.7 Å². The highest BCUT2D eigenvalue weighted by atomic mass is 35.5. The smallest absolute Gasteiger partial charge is 0.317 e. The summed E-state index contributed by atoms with van der Waals surface area (Å²) in [6, 6.07) is 5.67. The molecular weight excluding hydrogens is 502 g/mol. The van der Waals surface area contributed by atoms with Crippen molar-refractivity contribution < 1.29 is 9.59 Å². The van der Waals surface area contributed by atoms with Gasteiger partial charge in [-0.15, -0.1) is 0 Å². The Balaban J connectivity index is 1.14. The van der Waals surface area contributed by atoms with Gasteiger partial charge in [-0.3, -0.25) is 14.4 Å². The quantitative estimate of drug-likeness (QED) is 0.584. The van der Waals surface area contributed by atoms with Gasteiger partial charge < -0.3 is 20.4 Å². The SMILES string of the molecule is CC(C)CN1CCN(C(=O)NCC2CCC(C(=O)N3Cc4cnn(C)c4Nc4cc(Cl)ccc43)CC2)CC1. The van der Waals surface area contributed by atoms with Crippen LogP contribution in [0.5, 0.6) is 0 Å². The fourth-order valence-electron chi connectivity index (χ4n) is 6.01. The number of anilines is 3. The Bertz CT molecular complexity index is 1150. The van der Waals surface area contributed by atoms with Crippen LogP contribution < -0.4 is 15.5 Å². The lowest BCUT2D eigenvalue weighted by molar-refractivity contribution is -0.123. The largest absolute Gasteiger partial charge is 0.338 e. The number of nitrogens with one attached hydrogen (secondary N) is 2. The van der Waals surface area contributed by atoms with Gasteiger partial charge in [0.25, 0.3) is 0 Å². The number of piperazine rings is 1. The predicted molar refractivity (Wildman–Crippen MR) is 151 cm³/mol. The molecule has 3 aliphatic rings. The van der Waals surface area contributed by atoms with Gasteiger partial charge in [0.15, 0.2) is 0 Å². The number of amides is 3. The van der Waals surface area contributed by atoms with Gasteiger partial charge in [0.05, 0.1) is 24.1 Å². The second kappa shape index (κ2) is 11.5. The molecule has 2 aromatic rings. The number of aryl methyl sites for hydroxylation is 1. The fourth-order valence-corrected chi connectivity index (χ4v) is 6.18. The summed E-state index contributed by atoms with van der Waals surface area (Å²) in [4.78, 5) is 32.8. The zero-order valence-electron chi connectivity index (χ0n) is 22.8. The molecule has 1 saturated carbocycles. The van der Waals surface area contributed by atoms with Crippen molar-refractivity contribution in [3.8, 4) is 0 Å². The van der Waals surface area contributed by atoms with Crippen molar-refractivity contribution in [1.82, 2.24) is 24.9 Å².